The van der Waals surface area contributed by atoms with E-state index in [9.17, 15) is 4.21 Å². The fourth-order valence-corrected chi connectivity index (χ4v) is 3.41. The predicted octanol–water partition coefficient (Wildman–Crippen LogP) is 2.64. The fourth-order valence-electron chi connectivity index (χ4n) is 1.86. The Bertz CT molecular complexity index is 679. The highest BCUT2D eigenvalue weighted by atomic mass is 35.5. The Morgan fingerprint density at radius 2 is 2.05 bits per heavy atom. The number of ether oxygens (including phenoxy) is 2. The molecule has 1 heterocycles. The highest BCUT2D eigenvalue weighted by Gasteiger charge is 2.16. The van der Waals surface area contributed by atoms with Gasteiger partial charge in [0.15, 0.2) is 11.5 Å². The standard InChI is InChI=1S/C14H15ClN2O3S/c1-19-12-5-6-17-11(14(12)20-2)8-21(18)13-4-3-9(16)7-10(13)15/h3-7H,8,16H2,1-2H3. The minimum Gasteiger partial charge on any atom is -0.493 e. The van der Waals surface area contributed by atoms with Gasteiger partial charge in [0.05, 0.1) is 46.4 Å². The zero-order valence-electron chi connectivity index (χ0n) is 11.6. The van der Waals surface area contributed by atoms with E-state index in [0.717, 1.165) is 0 Å². The lowest BCUT2D eigenvalue weighted by atomic mass is 10.3. The third-order valence-electron chi connectivity index (χ3n) is 2.84. The van der Waals surface area contributed by atoms with Crippen LogP contribution in [0.5, 0.6) is 11.5 Å². The molecule has 21 heavy (non-hydrogen) atoms. The summed E-state index contributed by atoms with van der Waals surface area (Å²) in [5.41, 5.74) is 6.70. The molecule has 0 saturated carbocycles. The van der Waals surface area contributed by atoms with Crippen LogP contribution >= 0.6 is 11.6 Å². The lowest BCUT2D eigenvalue weighted by Gasteiger charge is -2.11. The van der Waals surface area contributed by atoms with Gasteiger partial charge in [0.2, 0.25) is 0 Å². The van der Waals surface area contributed by atoms with Gasteiger partial charge in [-0.15, -0.1) is 0 Å². The molecule has 0 aliphatic heterocycles. The third kappa shape index (κ3) is 3.46. The van der Waals surface area contributed by atoms with Crippen molar-refractivity contribution in [3.8, 4) is 11.5 Å². The van der Waals surface area contributed by atoms with E-state index >= 15 is 0 Å². The maximum atomic E-state index is 12.5. The van der Waals surface area contributed by atoms with Gasteiger partial charge >= 0.3 is 0 Å². The van der Waals surface area contributed by atoms with Crippen LogP contribution in [0, 0.1) is 0 Å². The van der Waals surface area contributed by atoms with E-state index in [0.29, 0.717) is 32.8 Å². The number of nitrogen functional groups attached to an aromatic ring is 1. The Kier molecular flexibility index (Phi) is 5.03. The monoisotopic (exact) mass is 326 g/mol. The Balaban J connectivity index is 2.31. The molecule has 112 valence electrons. The molecule has 1 unspecified atom stereocenters. The van der Waals surface area contributed by atoms with Gasteiger partial charge in [-0.3, -0.25) is 9.19 Å². The van der Waals surface area contributed by atoms with E-state index in [2.05, 4.69) is 4.98 Å². The summed E-state index contributed by atoms with van der Waals surface area (Å²) in [6.07, 6.45) is 1.58. The molecule has 1 aromatic carbocycles. The van der Waals surface area contributed by atoms with Crippen LogP contribution in [0.15, 0.2) is 35.4 Å². The van der Waals surface area contributed by atoms with E-state index in [4.69, 9.17) is 26.8 Å². The first-order chi connectivity index (χ1) is 10.1. The second-order valence-corrected chi connectivity index (χ2v) is 6.00. The Morgan fingerprint density at radius 1 is 1.29 bits per heavy atom. The fraction of sp³-hybridized carbons (Fsp3) is 0.214. The van der Waals surface area contributed by atoms with E-state index < -0.39 is 10.8 Å². The smallest absolute Gasteiger partial charge is 0.183 e. The predicted molar refractivity (Wildman–Crippen MR) is 83.3 cm³/mol. The molecule has 0 amide bonds. The molecule has 0 aliphatic rings. The maximum Gasteiger partial charge on any atom is 0.183 e. The summed E-state index contributed by atoms with van der Waals surface area (Å²) in [6, 6.07) is 6.57. The molecular weight excluding hydrogens is 312 g/mol. The largest absolute Gasteiger partial charge is 0.493 e. The lowest BCUT2D eigenvalue weighted by Crippen LogP contribution is -2.04. The second kappa shape index (κ2) is 6.78. The number of aromatic nitrogens is 1. The van der Waals surface area contributed by atoms with Crippen molar-refractivity contribution >= 4 is 28.1 Å². The summed E-state index contributed by atoms with van der Waals surface area (Å²) in [4.78, 5) is 4.72. The van der Waals surface area contributed by atoms with Crippen LogP contribution in [0.4, 0.5) is 5.69 Å². The zero-order valence-corrected chi connectivity index (χ0v) is 13.2. The summed E-state index contributed by atoms with van der Waals surface area (Å²) in [6.45, 7) is 0. The van der Waals surface area contributed by atoms with Crippen molar-refractivity contribution in [3.63, 3.8) is 0 Å². The van der Waals surface area contributed by atoms with Crippen molar-refractivity contribution in [2.75, 3.05) is 20.0 Å². The zero-order chi connectivity index (χ0) is 15.4. The van der Waals surface area contributed by atoms with Gasteiger partial charge in [-0.05, 0) is 18.2 Å². The van der Waals surface area contributed by atoms with Crippen molar-refractivity contribution in [2.24, 2.45) is 0 Å². The van der Waals surface area contributed by atoms with Gasteiger partial charge in [-0.2, -0.15) is 0 Å². The third-order valence-corrected chi connectivity index (χ3v) is 4.64. The van der Waals surface area contributed by atoms with Crippen LogP contribution < -0.4 is 15.2 Å². The Labute approximate surface area is 130 Å². The minimum atomic E-state index is -1.36. The second-order valence-electron chi connectivity index (χ2n) is 4.17. The van der Waals surface area contributed by atoms with Crippen LogP contribution in [0.25, 0.3) is 0 Å². The highest BCUT2D eigenvalue weighted by molar-refractivity contribution is 7.84. The quantitative estimate of drug-likeness (QED) is 0.855. The SMILES string of the molecule is COc1ccnc(CS(=O)c2ccc(N)cc2Cl)c1OC. The van der Waals surface area contributed by atoms with Gasteiger partial charge in [0.25, 0.3) is 0 Å². The minimum absolute atomic E-state index is 0.171. The Hall–Kier alpha value is -1.79. The number of hydrogen-bond donors (Lipinski definition) is 1. The first-order valence-electron chi connectivity index (χ1n) is 6.06. The van der Waals surface area contributed by atoms with Crippen LogP contribution in [0.1, 0.15) is 5.69 Å². The number of anilines is 1. The summed E-state index contributed by atoms with van der Waals surface area (Å²) >= 11 is 6.07. The molecule has 0 radical (unpaired) electrons. The summed E-state index contributed by atoms with van der Waals surface area (Å²) < 4.78 is 22.9. The normalized spacial score (nSPS) is 12.0. The average molecular weight is 327 g/mol. The number of hydrogen-bond acceptors (Lipinski definition) is 5. The molecule has 1 aromatic heterocycles. The van der Waals surface area contributed by atoms with E-state index in [1.165, 1.54) is 14.2 Å². The molecular formula is C14H15ClN2O3S. The van der Waals surface area contributed by atoms with Crippen LogP contribution in [-0.2, 0) is 16.6 Å². The van der Waals surface area contributed by atoms with Crippen LogP contribution in [0.2, 0.25) is 5.02 Å². The first-order valence-corrected chi connectivity index (χ1v) is 7.75. The summed E-state index contributed by atoms with van der Waals surface area (Å²) in [5.74, 6) is 1.19. The molecule has 7 heteroatoms. The van der Waals surface area contributed by atoms with Gasteiger partial charge in [0, 0.05) is 18.0 Å². The van der Waals surface area contributed by atoms with Crippen molar-refractivity contribution in [1.82, 2.24) is 4.98 Å². The highest BCUT2D eigenvalue weighted by Crippen LogP contribution is 2.31. The van der Waals surface area contributed by atoms with Crippen molar-refractivity contribution in [2.45, 2.75) is 10.6 Å². The van der Waals surface area contributed by atoms with Crippen molar-refractivity contribution in [1.29, 1.82) is 0 Å². The number of nitrogens with zero attached hydrogens (tertiary/aromatic N) is 1. The molecule has 1 atom stereocenters. The lowest BCUT2D eigenvalue weighted by molar-refractivity contribution is 0.350. The molecule has 0 spiro atoms. The Morgan fingerprint density at radius 3 is 2.67 bits per heavy atom. The van der Waals surface area contributed by atoms with Crippen molar-refractivity contribution in [3.05, 3.63) is 41.2 Å². The van der Waals surface area contributed by atoms with Crippen LogP contribution in [-0.4, -0.2) is 23.4 Å². The average Bonchev–Trinajstić information content (AvgIpc) is 2.46. The van der Waals surface area contributed by atoms with Gasteiger partial charge in [0.1, 0.15) is 0 Å². The molecule has 0 aliphatic carbocycles. The van der Waals surface area contributed by atoms with Crippen LogP contribution in [0.3, 0.4) is 0 Å². The topological polar surface area (TPSA) is 74.4 Å². The van der Waals surface area contributed by atoms with E-state index in [1.54, 1.807) is 30.5 Å². The molecule has 0 fully saturated rings. The number of rotatable bonds is 5. The molecule has 5 nitrogen and oxygen atoms in total. The van der Waals surface area contributed by atoms with Gasteiger partial charge < -0.3 is 15.2 Å². The molecule has 0 bridgehead atoms. The van der Waals surface area contributed by atoms with E-state index in [-0.39, 0.29) is 5.75 Å². The maximum absolute atomic E-state index is 12.5. The number of halogens is 1. The number of methoxy groups -OCH3 is 2. The van der Waals surface area contributed by atoms with Gasteiger partial charge in [-0.1, -0.05) is 11.6 Å². The number of pyridine rings is 1. The number of nitrogens with two attached hydrogens (primary N) is 1. The molecule has 2 rings (SSSR count). The summed E-state index contributed by atoms with van der Waals surface area (Å²) in [5, 5.41) is 0.371. The van der Waals surface area contributed by atoms with E-state index in [1.807, 2.05) is 0 Å². The summed E-state index contributed by atoms with van der Waals surface area (Å²) in [7, 11) is 1.69. The van der Waals surface area contributed by atoms with Gasteiger partial charge in [-0.25, -0.2) is 0 Å². The molecule has 2 aromatic rings. The molecule has 2 N–H and O–H groups in total. The first kappa shape index (κ1) is 15.6. The molecule has 0 saturated heterocycles. The van der Waals surface area contributed by atoms with Crippen molar-refractivity contribution < 1.29 is 13.7 Å². The number of benzene rings is 1.